The third-order valence-corrected chi connectivity index (χ3v) is 5.07. The van der Waals surface area contributed by atoms with Crippen LogP contribution in [0.5, 0.6) is 0 Å². The minimum Gasteiger partial charge on any atom is -0.357 e. The van der Waals surface area contributed by atoms with Crippen LogP contribution in [-0.2, 0) is 13.1 Å². The summed E-state index contributed by atoms with van der Waals surface area (Å²) in [6.45, 7) is 10.6. The highest BCUT2D eigenvalue weighted by molar-refractivity contribution is 14.0. The topological polar surface area (TPSA) is 49.3 Å². The molecule has 0 spiro atoms. The molecule has 4 nitrogen and oxygen atoms in total. The molecule has 0 bridgehead atoms. The third kappa shape index (κ3) is 5.85. The van der Waals surface area contributed by atoms with Crippen molar-refractivity contribution >= 4 is 52.6 Å². The molecule has 2 aromatic rings. The molecule has 0 saturated heterocycles. The second-order valence-corrected chi connectivity index (χ2v) is 7.47. The first-order valence-electron chi connectivity index (χ1n) is 7.09. The molecule has 0 saturated carbocycles. The van der Waals surface area contributed by atoms with Crippen LogP contribution in [0, 0.1) is 20.8 Å². The van der Waals surface area contributed by atoms with E-state index in [2.05, 4.69) is 53.5 Å². The molecule has 122 valence electrons. The average Bonchev–Trinajstić information content (AvgIpc) is 3.00. The summed E-state index contributed by atoms with van der Waals surface area (Å²) in [7, 11) is 0. The monoisotopic (exact) mass is 450 g/mol. The number of nitrogens with one attached hydrogen (secondary N) is 2. The van der Waals surface area contributed by atoms with Gasteiger partial charge in [0, 0.05) is 21.2 Å². The van der Waals surface area contributed by atoms with Crippen molar-refractivity contribution in [2.24, 2.45) is 4.99 Å². The van der Waals surface area contributed by atoms with E-state index in [4.69, 9.17) is 0 Å². The lowest BCUT2D eigenvalue weighted by Crippen LogP contribution is -2.36. The van der Waals surface area contributed by atoms with E-state index in [0.717, 1.165) is 23.2 Å². The van der Waals surface area contributed by atoms with E-state index in [0.29, 0.717) is 13.1 Å². The van der Waals surface area contributed by atoms with Crippen LogP contribution < -0.4 is 10.6 Å². The molecule has 0 amide bonds. The lowest BCUT2D eigenvalue weighted by molar-refractivity contribution is 0.811. The van der Waals surface area contributed by atoms with Gasteiger partial charge in [-0.15, -0.1) is 46.7 Å². The Labute approximate surface area is 157 Å². The second-order valence-electron chi connectivity index (χ2n) is 4.81. The van der Waals surface area contributed by atoms with E-state index in [1.165, 1.54) is 14.6 Å². The number of aryl methyl sites for hydroxylation is 3. The van der Waals surface area contributed by atoms with E-state index >= 15 is 0 Å². The lowest BCUT2D eigenvalue weighted by Gasteiger charge is -2.09. The summed E-state index contributed by atoms with van der Waals surface area (Å²) in [4.78, 5) is 13.1. The van der Waals surface area contributed by atoms with Gasteiger partial charge in [0.2, 0.25) is 0 Å². The molecule has 0 radical (unpaired) electrons. The van der Waals surface area contributed by atoms with Gasteiger partial charge in [-0.05, 0) is 39.8 Å². The van der Waals surface area contributed by atoms with Crippen LogP contribution >= 0.6 is 46.7 Å². The Balaban J connectivity index is 0.00000242. The van der Waals surface area contributed by atoms with Crippen LogP contribution in [0.4, 0.5) is 0 Å². The molecular formula is C15H23IN4S2. The summed E-state index contributed by atoms with van der Waals surface area (Å²) in [5.74, 6) is 0.842. The number of guanidine groups is 1. The Morgan fingerprint density at radius 3 is 2.50 bits per heavy atom. The van der Waals surface area contributed by atoms with Gasteiger partial charge in [-0.3, -0.25) is 0 Å². The Kier molecular flexibility index (Phi) is 8.34. The van der Waals surface area contributed by atoms with Crippen LogP contribution in [0.2, 0.25) is 0 Å². The molecule has 0 fully saturated rings. The van der Waals surface area contributed by atoms with Gasteiger partial charge in [0.25, 0.3) is 0 Å². The largest absolute Gasteiger partial charge is 0.357 e. The highest BCUT2D eigenvalue weighted by atomic mass is 127. The Hall–Kier alpha value is -0.670. The number of hydrogen-bond donors (Lipinski definition) is 2. The van der Waals surface area contributed by atoms with E-state index in [1.54, 1.807) is 22.7 Å². The van der Waals surface area contributed by atoms with E-state index in [9.17, 15) is 0 Å². The fraction of sp³-hybridized carbons (Fsp3) is 0.467. The minimum atomic E-state index is 0. The SMILES string of the molecule is CCNC(=NCc1ccc(C)s1)NCc1nc(C)c(C)s1.I. The molecule has 2 N–H and O–H groups in total. The van der Waals surface area contributed by atoms with Crippen molar-refractivity contribution in [3.63, 3.8) is 0 Å². The molecule has 7 heteroatoms. The number of rotatable bonds is 5. The number of aromatic nitrogens is 1. The maximum Gasteiger partial charge on any atom is 0.191 e. The molecule has 2 aromatic heterocycles. The summed E-state index contributed by atoms with van der Waals surface area (Å²) in [6, 6.07) is 4.28. The number of hydrogen-bond acceptors (Lipinski definition) is 4. The quantitative estimate of drug-likeness (QED) is 0.411. The van der Waals surface area contributed by atoms with Crippen molar-refractivity contribution in [1.82, 2.24) is 15.6 Å². The first-order valence-corrected chi connectivity index (χ1v) is 8.72. The van der Waals surface area contributed by atoms with Gasteiger partial charge >= 0.3 is 0 Å². The number of aliphatic imine (C=N–C) groups is 1. The molecule has 0 unspecified atom stereocenters. The van der Waals surface area contributed by atoms with Crippen LogP contribution in [0.15, 0.2) is 17.1 Å². The van der Waals surface area contributed by atoms with Crippen LogP contribution in [0.1, 0.15) is 32.3 Å². The first kappa shape index (κ1) is 19.4. The molecule has 2 rings (SSSR count). The van der Waals surface area contributed by atoms with Crippen molar-refractivity contribution in [3.05, 3.63) is 37.5 Å². The number of halogens is 1. The molecule has 0 aromatic carbocycles. The molecule has 2 heterocycles. The molecule has 0 aliphatic heterocycles. The standard InChI is InChI=1S/C15H22N4S2.HI/c1-5-16-15(17-8-13-7-6-10(2)20-13)18-9-14-19-11(3)12(4)21-14;/h6-7H,5,8-9H2,1-4H3,(H2,16,17,18);1H. The smallest absolute Gasteiger partial charge is 0.191 e. The van der Waals surface area contributed by atoms with E-state index in [1.807, 2.05) is 6.92 Å². The Morgan fingerprint density at radius 1 is 1.18 bits per heavy atom. The number of nitrogens with zero attached hydrogens (tertiary/aromatic N) is 2. The fourth-order valence-electron chi connectivity index (χ4n) is 1.84. The zero-order chi connectivity index (χ0) is 15.2. The fourth-order valence-corrected chi connectivity index (χ4v) is 3.53. The molecule has 0 aliphatic rings. The molecule has 0 atom stereocenters. The molecule has 0 aliphatic carbocycles. The normalized spacial score (nSPS) is 11.2. The minimum absolute atomic E-state index is 0. The van der Waals surface area contributed by atoms with Crippen LogP contribution in [0.3, 0.4) is 0 Å². The Bertz CT molecular complexity index is 599. The maximum atomic E-state index is 4.62. The van der Waals surface area contributed by atoms with Crippen LogP contribution in [0.25, 0.3) is 0 Å². The second kappa shape index (κ2) is 9.46. The average molecular weight is 450 g/mol. The summed E-state index contributed by atoms with van der Waals surface area (Å²) < 4.78 is 0. The van der Waals surface area contributed by atoms with Crippen molar-refractivity contribution in [1.29, 1.82) is 0 Å². The maximum absolute atomic E-state index is 4.62. The molecular weight excluding hydrogens is 427 g/mol. The number of thiazole rings is 1. The van der Waals surface area contributed by atoms with Gasteiger partial charge in [-0.1, -0.05) is 0 Å². The Morgan fingerprint density at radius 2 is 1.95 bits per heavy atom. The number of thiophene rings is 1. The highest BCUT2D eigenvalue weighted by Crippen LogP contribution is 2.17. The van der Waals surface area contributed by atoms with Crippen molar-refractivity contribution in [3.8, 4) is 0 Å². The van der Waals surface area contributed by atoms with Crippen LogP contribution in [-0.4, -0.2) is 17.5 Å². The summed E-state index contributed by atoms with van der Waals surface area (Å²) in [6.07, 6.45) is 0. The van der Waals surface area contributed by atoms with Gasteiger partial charge in [-0.25, -0.2) is 9.98 Å². The predicted octanol–water partition coefficient (Wildman–Crippen LogP) is 4.00. The predicted molar refractivity (Wildman–Crippen MR) is 108 cm³/mol. The molecule has 22 heavy (non-hydrogen) atoms. The van der Waals surface area contributed by atoms with Crippen molar-refractivity contribution in [2.75, 3.05) is 6.54 Å². The van der Waals surface area contributed by atoms with Gasteiger partial charge in [0.1, 0.15) is 5.01 Å². The lowest BCUT2D eigenvalue weighted by atomic mass is 10.4. The summed E-state index contributed by atoms with van der Waals surface area (Å²) >= 11 is 3.53. The van der Waals surface area contributed by atoms with Gasteiger partial charge in [-0.2, -0.15) is 0 Å². The van der Waals surface area contributed by atoms with Crippen molar-refractivity contribution in [2.45, 2.75) is 40.8 Å². The third-order valence-electron chi connectivity index (χ3n) is 3.01. The summed E-state index contributed by atoms with van der Waals surface area (Å²) in [5.41, 5.74) is 1.12. The zero-order valence-electron chi connectivity index (χ0n) is 13.4. The van der Waals surface area contributed by atoms with E-state index in [-0.39, 0.29) is 24.0 Å². The zero-order valence-corrected chi connectivity index (χ0v) is 17.4. The van der Waals surface area contributed by atoms with Crippen molar-refractivity contribution < 1.29 is 0 Å². The van der Waals surface area contributed by atoms with Gasteiger partial charge in [0.05, 0.1) is 18.8 Å². The first-order chi connectivity index (χ1) is 10.1. The van der Waals surface area contributed by atoms with Gasteiger partial charge < -0.3 is 10.6 Å². The van der Waals surface area contributed by atoms with E-state index < -0.39 is 0 Å². The van der Waals surface area contributed by atoms with Gasteiger partial charge in [0.15, 0.2) is 5.96 Å². The summed E-state index contributed by atoms with van der Waals surface area (Å²) in [5, 5.41) is 7.72. The highest BCUT2D eigenvalue weighted by Gasteiger charge is 2.05.